The van der Waals surface area contributed by atoms with Gasteiger partial charge in [0.2, 0.25) is 0 Å². The zero-order chi connectivity index (χ0) is 16.5. The van der Waals surface area contributed by atoms with E-state index < -0.39 is 11.6 Å². The smallest absolute Gasteiger partial charge is 0.159 e. The molecular weight excluding hydrogens is 310 g/mol. The second-order valence-corrected chi connectivity index (χ2v) is 7.53. The van der Waals surface area contributed by atoms with Crippen molar-refractivity contribution in [1.29, 1.82) is 0 Å². The molecule has 0 amide bonds. The molecule has 0 N–H and O–H groups in total. The fourth-order valence-corrected chi connectivity index (χ4v) is 5.00. The second kappa shape index (κ2) is 7.06. The maximum absolute atomic E-state index is 13.5. The Balaban J connectivity index is 1.44. The monoisotopic (exact) mass is 336 g/mol. The average Bonchev–Trinajstić information content (AvgIpc) is 2.58. The first kappa shape index (κ1) is 16.4. The van der Waals surface area contributed by atoms with Crippen molar-refractivity contribution in [3.63, 3.8) is 0 Å². The number of rotatable bonds is 3. The van der Waals surface area contributed by atoms with Gasteiger partial charge in [-0.3, -0.25) is 9.80 Å². The van der Waals surface area contributed by atoms with Crippen molar-refractivity contribution in [2.45, 2.75) is 31.8 Å². The lowest BCUT2D eigenvalue weighted by molar-refractivity contribution is -0.0623. The van der Waals surface area contributed by atoms with Crippen molar-refractivity contribution < 1.29 is 13.5 Å². The number of halogens is 2. The number of ether oxygens (including phenoxy) is 1. The van der Waals surface area contributed by atoms with Gasteiger partial charge in [-0.2, -0.15) is 0 Å². The number of hydrogen-bond donors (Lipinski definition) is 0. The Morgan fingerprint density at radius 1 is 1.00 bits per heavy atom. The molecule has 1 unspecified atom stereocenters. The van der Waals surface area contributed by atoms with E-state index in [1.807, 2.05) is 0 Å². The van der Waals surface area contributed by atoms with E-state index in [1.54, 1.807) is 6.07 Å². The fourth-order valence-electron chi connectivity index (χ4n) is 5.00. The number of likely N-dealkylation sites (tertiary alicyclic amines) is 1. The molecule has 1 aliphatic carbocycles. The van der Waals surface area contributed by atoms with Gasteiger partial charge in [-0.25, -0.2) is 8.78 Å². The molecule has 4 rings (SSSR count). The lowest BCUT2D eigenvalue weighted by Crippen LogP contribution is -2.59. The molecule has 132 valence electrons. The summed E-state index contributed by atoms with van der Waals surface area (Å²) in [6.07, 6.45) is 3.90. The molecule has 0 spiro atoms. The van der Waals surface area contributed by atoms with Crippen LogP contribution in [0, 0.1) is 23.5 Å². The molecule has 1 aromatic rings. The summed E-state index contributed by atoms with van der Waals surface area (Å²) < 4.78 is 32.1. The van der Waals surface area contributed by atoms with Crippen molar-refractivity contribution in [1.82, 2.24) is 9.80 Å². The van der Waals surface area contributed by atoms with E-state index in [0.29, 0.717) is 17.9 Å². The molecule has 2 heterocycles. The molecule has 3 aliphatic rings. The van der Waals surface area contributed by atoms with Crippen LogP contribution in [0.1, 0.15) is 24.8 Å². The summed E-state index contributed by atoms with van der Waals surface area (Å²) >= 11 is 0. The van der Waals surface area contributed by atoms with Gasteiger partial charge in [0.15, 0.2) is 11.6 Å². The molecule has 2 aliphatic heterocycles. The normalized spacial score (nSPS) is 32.0. The number of benzene rings is 1. The number of morpholine rings is 1. The molecule has 3 atom stereocenters. The van der Waals surface area contributed by atoms with Crippen molar-refractivity contribution in [2.24, 2.45) is 11.8 Å². The van der Waals surface area contributed by atoms with Crippen LogP contribution in [-0.4, -0.2) is 55.2 Å². The van der Waals surface area contributed by atoms with Crippen LogP contribution in [0.2, 0.25) is 0 Å². The summed E-state index contributed by atoms with van der Waals surface area (Å²) in [5.41, 5.74) is 0.872. The van der Waals surface area contributed by atoms with Crippen molar-refractivity contribution >= 4 is 0 Å². The van der Waals surface area contributed by atoms with Gasteiger partial charge in [0, 0.05) is 38.8 Å². The van der Waals surface area contributed by atoms with Crippen LogP contribution >= 0.6 is 0 Å². The Bertz CT molecular complexity index is 562. The van der Waals surface area contributed by atoms with Gasteiger partial charge in [-0.1, -0.05) is 12.5 Å². The number of nitrogens with zero attached hydrogens (tertiary/aromatic N) is 2. The SMILES string of the molecule is Fc1ccc(CN2C[C@H]3CCC[C@@H](C2)C3N2CCOCC2)cc1F. The Morgan fingerprint density at radius 3 is 2.38 bits per heavy atom. The zero-order valence-corrected chi connectivity index (χ0v) is 14.1. The maximum Gasteiger partial charge on any atom is 0.159 e. The quantitative estimate of drug-likeness (QED) is 0.844. The second-order valence-electron chi connectivity index (χ2n) is 7.53. The summed E-state index contributed by atoms with van der Waals surface area (Å²) in [5.74, 6) is -0.112. The van der Waals surface area contributed by atoms with Crippen molar-refractivity contribution in [3.8, 4) is 0 Å². The highest BCUT2D eigenvalue weighted by atomic mass is 19.2. The number of hydrogen-bond acceptors (Lipinski definition) is 3. The minimum absolute atomic E-state index is 0.684. The molecule has 3 fully saturated rings. The first-order valence-electron chi connectivity index (χ1n) is 9.19. The third-order valence-corrected chi connectivity index (χ3v) is 5.96. The highest BCUT2D eigenvalue weighted by Crippen LogP contribution is 2.38. The zero-order valence-electron chi connectivity index (χ0n) is 14.1. The standard InChI is InChI=1S/C19H26F2N2O/c20-17-5-4-14(10-18(17)21)11-22-12-15-2-1-3-16(13-22)19(15)23-6-8-24-9-7-23/h4-5,10,15-16,19H,1-3,6-9,11-13H2/t15-,16+,19?. The highest BCUT2D eigenvalue weighted by Gasteiger charge is 2.42. The van der Waals surface area contributed by atoms with Crippen molar-refractivity contribution in [3.05, 3.63) is 35.4 Å². The van der Waals surface area contributed by atoms with Crippen LogP contribution < -0.4 is 0 Å². The minimum Gasteiger partial charge on any atom is -0.379 e. The Kier molecular flexibility index (Phi) is 4.83. The molecule has 24 heavy (non-hydrogen) atoms. The Morgan fingerprint density at radius 2 is 1.71 bits per heavy atom. The highest BCUT2D eigenvalue weighted by molar-refractivity contribution is 5.18. The molecule has 0 radical (unpaired) electrons. The lowest BCUT2D eigenvalue weighted by atomic mass is 9.72. The molecule has 5 heteroatoms. The lowest BCUT2D eigenvalue weighted by Gasteiger charge is -2.52. The van der Waals surface area contributed by atoms with Gasteiger partial charge >= 0.3 is 0 Å². The molecule has 2 bridgehead atoms. The van der Waals surface area contributed by atoms with Gasteiger partial charge in [0.05, 0.1) is 13.2 Å². The van der Waals surface area contributed by atoms with Crippen molar-refractivity contribution in [2.75, 3.05) is 39.4 Å². The maximum atomic E-state index is 13.5. The predicted molar refractivity (Wildman–Crippen MR) is 88.6 cm³/mol. The van der Waals surface area contributed by atoms with E-state index in [4.69, 9.17) is 4.74 Å². The fraction of sp³-hybridized carbons (Fsp3) is 0.684. The largest absolute Gasteiger partial charge is 0.379 e. The number of fused-ring (bicyclic) bond motifs is 2. The summed E-state index contributed by atoms with van der Waals surface area (Å²) in [4.78, 5) is 5.09. The first-order valence-corrected chi connectivity index (χ1v) is 9.19. The third kappa shape index (κ3) is 3.35. The van der Waals surface area contributed by atoms with E-state index >= 15 is 0 Å². The van der Waals surface area contributed by atoms with Crippen LogP contribution in [0.3, 0.4) is 0 Å². The van der Waals surface area contributed by atoms with Gasteiger partial charge in [-0.15, -0.1) is 0 Å². The summed E-state index contributed by atoms with van der Waals surface area (Å²) in [6, 6.07) is 4.98. The molecule has 0 aromatic heterocycles. The van der Waals surface area contributed by atoms with Crippen LogP contribution in [-0.2, 0) is 11.3 Å². The van der Waals surface area contributed by atoms with Crippen LogP contribution in [0.4, 0.5) is 8.78 Å². The van der Waals surface area contributed by atoms with Crippen LogP contribution in [0.5, 0.6) is 0 Å². The van der Waals surface area contributed by atoms with E-state index in [0.717, 1.165) is 51.5 Å². The Hall–Kier alpha value is -1.04. The average molecular weight is 336 g/mol. The number of piperidine rings is 1. The minimum atomic E-state index is -0.762. The molecule has 1 aromatic carbocycles. The summed E-state index contributed by atoms with van der Waals surface area (Å²) in [5, 5.41) is 0. The van der Waals surface area contributed by atoms with Gasteiger partial charge < -0.3 is 4.74 Å². The first-order chi connectivity index (χ1) is 11.7. The van der Waals surface area contributed by atoms with E-state index in [2.05, 4.69) is 9.80 Å². The van der Waals surface area contributed by atoms with Crippen LogP contribution in [0.15, 0.2) is 18.2 Å². The molecule has 3 nitrogen and oxygen atoms in total. The van der Waals surface area contributed by atoms with Gasteiger partial charge in [0.1, 0.15) is 0 Å². The van der Waals surface area contributed by atoms with Gasteiger partial charge in [0.25, 0.3) is 0 Å². The van der Waals surface area contributed by atoms with E-state index in [-0.39, 0.29) is 0 Å². The molecular formula is C19H26F2N2O. The topological polar surface area (TPSA) is 15.7 Å². The van der Waals surface area contributed by atoms with E-state index in [1.165, 1.54) is 31.4 Å². The molecule has 1 saturated carbocycles. The Labute approximate surface area is 142 Å². The van der Waals surface area contributed by atoms with E-state index in [9.17, 15) is 8.78 Å². The third-order valence-electron chi connectivity index (χ3n) is 5.96. The summed E-state index contributed by atoms with van der Waals surface area (Å²) in [7, 11) is 0. The van der Waals surface area contributed by atoms with Gasteiger partial charge in [-0.05, 0) is 42.4 Å². The molecule has 2 saturated heterocycles. The predicted octanol–water partition coefficient (Wildman–Crippen LogP) is 2.90. The van der Waals surface area contributed by atoms with Crippen LogP contribution in [0.25, 0.3) is 0 Å². The summed E-state index contributed by atoms with van der Waals surface area (Å²) in [6.45, 7) is 6.68.